The maximum atomic E-state index is 11.5. The lowest BCUT2D eigenvalue weighted by atomic mass is 9.89. The Morgan fingerprint density at radius 2 is 2.08 bits per heavy atom. The fourth-order valence-corrected chi connectivity index (χ4v) is 4.23. The highest BCUT2D eigenvalue weighted by atomic mass is 16.6. The molecular weight excluding hydrogens is 324 g/mol. The van der Waals surface area contributed by atoms with E-state index in [4.69, 9.17) is 9.47 Å². The fraction of sp³-hybridized carbons (Fsp3) is 0.824. The molecule has 3 aliphatic rings. The van der Waals surface area contributed by atoms with Crippen molar-refractivity contribution in [1.29, 1.82) is 0 Å². The Hall–Kier alpha value is -1.51. The van der Waals surface area contributed by atoms with E-state index < -0.39 is 5.97 Å². The molecule has 138 valence electrons. The standard InChI is InChI=1S/C17H26N4O4/c1-23-17(22)12-8-21(20-19-12)14-10-25-15-13(9-24-16(14)15)18-7-11-5-3-2-4-6-11/h8,11,13-16,18H,2-7,9-10H2,1H3/t13-,14+,15-,16+/m0/s1. The van der Waals surface area contributed by atoms with Gasteiger partial charge in [-0.05, 0) is 25.3 Å². The first-order valence-corrected chi connectivity index (χ1v) is 9.23. The highest BCUT2D eigenvalue weighted by molar-refractivity contribution is 5.86. The molecule has 8 heteroatoms. The van der Waals surface area contributed by atoms with Gasteiger partial charge in [0, 0.05) is 0 Å². The van der Waals surface area contributed by atoms with Gasteiger partial charge in [0.1, 0.15) is 18.2 Å². The third-order valence-electron chi connectivity index (χ3n) is 5.67. The zero-order chi connectivity index (χ0) is 17.2. The number of carbonyl (C=O) groups is 1. The number of methoxy groups -OCH3 is 1. The minimum atomic E-state index is -0.485. The van der Waals surface area contributed by atoms with Gasteiger partial charge < -0.3 is 19.5 Å². The van der Waals surface area contributed by atoms with E-state index >= 15 is 0 Å². The summed E-state index contributed by atoms with van der Waals surface area (Å²) in [5.41, 5.74) is 0.205. The van der Waals surface area contributed by atoms with E-state index in [1.54, 1.807) is 10.9 Å². The lowest BCUT2D eigenvalue weighted by Crippen LogP contribution is -2.43. The van der Waals surface area contributed by atoms with E-state index in [9.17, 15) is 4.79 Å². The van der Waals surface area contributed by atoms with Crippen LogP contribution >= 0.6 is 0 Å². The predicted octanol–water partition coefficient (Wildman–Crippen LogP) is 0.942. The van der Waals surface area contributed by atoms with Crippen molar-refractivity contribution in [3.8, 4) is 0 Å². The Bertz CT molecular complexity index is 601. The quantitative estimate of drug-likeness (QED) is 0.791. The molecule has 4 rings (SSSR count). The number of fused-ring (bicyclic) bond motifs is 1. The van der Waals surface area contributed by atoms with Crippen LogP contribution in [0.4, 0.5) is 0 Å². The molecule has 1 N–H and O–H groups in total. The third-order valence-corrected chi connectivity index (χ3v) is 5.67. The van der Waals surface area contributed by atoms with Crippen molar-refractivity contribution in [1.82, 2.24) is 20.3 Å². The number of hydrogen-bond donors (Lipinski definition) is 1. The van der Waals surface area contributed by atoms with E-state index in [1.807, 2.05) is 0 Å². The molecule has 1 aromatic rings. The minimum Gasteiger partial charge on any atom is -0.464 e. The molecule has 1 saturated carbocycles. The van der Waals surface area contributed by atoms with Crippen LogP contribution in [0.25, 0.3) is 0 Å². The molecule has 0 unspecified atom stereocenters. The average molecular weight is 350 g/mol. The number of hydrogen-bond acceptors (Lipinski definition) is 7. The van der Waals surface area contributed by atoms with Gasteiger partial charge in [0.25, 0.3) is 0 Å². The van der Waals surface area contributed by atoms with Crippen molar-refractivity contribution in [3.63, 3.8) is 0 Å². The number of ether oxygens (including phenoxy) is 3. The molecule has 8 nitrogen and oxygen atoms in total. The van der Waals surface area contributed by atoms with E-state index in [0.717, 1.165) is 12.5 Å². The van der Waals surface area contributed by atoms with Crippen LogP contribution in [0.15, 0.2) is 6.20 Å². The van der Waals surface area contributed by atoms with Crippen LogP contribution in [0, 0.1) is 5.92 Å². The summed E-state index contributed by atoms with van der Waals surface area (Å²) in [7, 11) is 1.33. The topological polar surface area (TPSA) is 87.5 Å². The summed E-state index contributed by atoms with van der Waals surface area (Å²) < 4.78 is 18.3. The molecule has 0 bridgehead atoms. The summed E-state index contributed by atoms with van der Waals surface area (Å²) in [5.74, 6) is 0.295. The largest absolute Gasteiger partial charge is 0.464 e. The molecule has 1 aromatic heterocycles. The Morgan fingerprint density at radius 3 is 2.88 bits per heavy atom. The summed E-state index contributed by atoms with van der Waals surface area (Å²) in [6.45, 7) is 2.21. The predicted molar refractivity (Wildman–Crippen MR) is 88.2 cm³/mol. The summed E-state index contributed by atoms with van der Waals surface area (Å²) >= 11 is 0. The van der Waals surface area contributed by atoms with Gasteiger partial charge >= 0.3 is 5.97 Å². The second kappa shape index (κ2) is 7.39. The Balaban J connectivity index is 1.35. The van der Waals surface area contributed by atoms with Gasteiger partial charge in [0.05, 0.1) is 32.6 Å². The van der Waals surface area contributed by atoms with Crippen molar-refractivity contribution < 1.29 is 19.0 Å². The zero-order valence-corrected chi connectivity index (χ0v) is 14.6. The van der Waals surface area contributed by atoms with E-state index in [2.05, 4.69) is 20.4 Å². The number of nitrogens with one attached hydrogen (secondary N) is 1. The summed E-state index contributed by atoms with van der Waals surface area (Å²) in [5, 5.41) is 11.6. The highest BCUT2D eigenvalue weighted by Crippen LogP contribution is 2.34. The van der Waals surface area contributed by atoms with E-state index in [1.165, 1.54) is 39.2 Å². The lowest BCUT2D eigenvalue weighted by molar-refractivity contribution is 0.0592. The van der Waals surface area contributed by atoms with Crippen LogP contribution in [-0.2, 0) is 14.2 Å². The maximum absolute atomic E-state index is 11.5. The molecule has 4 atom stereocenters. The summed E-state index contributed by atoms with van der Waals surface area (Å²) in [6.07, 6.45) is 8.31. The molecular formula is C17H26N4O4. The van der Waals surface area contributed by atoms with Crippen molar-refractivity contribution >= 4 is 5.97 Å². The monoisotopic (exact) mass is 350 g/mol. The summed E-state index contributed by atoms with van der Waals surface area (Å²) in [4.78, 5) is 11.5. The fourth-order valence-electron chi connectivity index (χ4n) is 4.23. The highest BCUT2D eigenvalue weighted by Gasteiger charge is 2.48. The molecule has 2 aliphatic heterocycles. The van der Waals surface area contributed by atoms with Crippen LogP contribution in [0.5, 0.6) is 0 Å². The number of esters is 1. The Labute approximate surface area is 147 Å². The molecule has 0 amide bonds. The van der Waals surface area contributed by atoms with Gasteiger partial charge in [0.2, 0.25) is 0 Å². The van der Waals surface area contributed by atoms with Crippen LogP contribution in [-0.4, -0.2) is 66.1 Å². The van der Waals surface area contributed by atoms with E-state index in [-0.39, 0.29) is 30.0 Å². The SMILES string of the molecule is COC(=O)c1cn([C@@H]2CO[C@@H]3[C@@H]2OC[C@@H]3NCC2CCCCC2)nn1. The van der Waals surface area contributed by atoms with E-state index in [0.29, 0.717) is 13.2 Å². The van der Waals surface area contributed by atoms with Crippen LogP contribution in [0.1, 0.15) is 48.6 Å². The summed E-state index contributed by atoms with van der Waals surface area (Å²) in [6, 6.07) is 0.165. The molecule has 3 heterocycles. The zero-order valence-electron chi connectivity index (χ0n) is 14.6. The van der Waals surface area contributed by atoms with Gasteiger partial charge in [0.15, 0.2) is 5.69 Å². The normalized spacial score (nSPS) is 32.7. The number of nitrogens with zero attached hydrogens (tertiary/aromatic N) is 3. The maximum Gasteiger partial charge on any atom is 0.360 e. The van der Waals surface area contributed by atoms with Crippen LogP contribution < -0.4 is 5.32 Å². The minimum absolute atomic E-state index is 0.0272. The van der Waals surface area contributed by atoms with Crippen molar-refractivity contribution in [2.75, 3.05) is 26.9 Å². The van der Waals surface area contributed by atoms with Gasteiger partial charge in [-0.2, -0.15) is 0 Å². The van der Waals surface area contributed by atoms with Crippen LogP contribution in [0.3, 0.4) is 0 Å². The Morgan fingerprint density at radius 1 is 1.28 bits per heavy atom. The van der Waals surface area contributed by atoms with Crippen molar-refractivity contribution in [2.24, 2.45) is 5.92 Å². The third kappa shape index (κ3) is 3.43. The first-order chi connectivity index (χ1) is 12.3. The first-order valence-electron chi connectivity index (χ1n) is 9.23. The van der Waals surface area contributed by atoms with Crippen molar-refractivity contribution in [3.05, 3.63) is 11.9 Å². The second-order valence-corrected chi connectivity index (χ2v) is 7.26. The average Bonchev–Trinajstić information content (AvgIpc) is 3.36. The van der Waals surface area contributed by atoms with Gasteiger partial charge in [-0.15, -0.1) is 5.10 Å². The molecule has 2 saturated heterocycles. The molecule has 0 spiro atoms. The molecule has 25 heavy (non-hydrogen) atoms. The smallest absolute Gasteiger partial charge is 0.360 e. The Kier molecular flexibility index (Phi) is 5.00. The van der Waals surface area contributed by atoms with Gasteiger partial charge in [-0.25, -0.2) is 9.48 Å². The van der Waals surface area contributed by atoms with Crippen molar-refractivity contribution in [2.45, 2.75) is 56.4 Å². The lowest BCUT2D eigenvalue weighted by Gasteiger charge is -2.25. The van der Waals surface area contributed by atoms with Crippen LogP contribution in [0.2, 0.25) is 0 Å². The van der Waals surface area contributed by atoms with Gasteiger partial charge in [-0.3, -0.25) is 0 Å². The molecule has 0 aromatic carbocycles. The van der Waals surface area contributed by atoms with Gasteiger partial charge in [-0.1, -0.05) is 24.5 Å². The molecule has 1 aliphatic carbocycles. The number of rotatable bonds is 5. The molecule has 0 radical (unpaired) electrons. The first kappa shape index (κ1) is 16.9. The number of carbonyl (C=O) groups excluding carboxylic acids is 1. The number of aromatic nitrogens is 3. The molecule has 3 fully saturated rings. The second-order valence-electron chi connectivity index (χ2n) is 7.26.